The Balaban J connectivity index is 1.57. The molecule has 1 atom stereocenters. The molecule has 1 aromatic carbocycles. The van der Waals surface area contributed by atoms with Crippen molar-refractivity contribution in [3.05, 3.63) is 41.6 Å². The number of ether oxygens (including phenoxy) is 2. The molecule has 9 heteroatoms. The monoisotopic (exact) mass is 403 g/mol. The Morgan fingerprint density at radius 2 is 2.21 bits per heavy atom. The predicted molar refractivity (Wildman–Crippen MR) is 105 cm³/mol. The second kappa shape index (κ2) is 6.97. The molecule has 0 saturated heterocycles. The Kier molecular flexibility index (Phi) is 4.62. The van der Waals surface area contributed by atoms with Crippen LogP contribution in [0.15, 0.2) is 40.5 Å². The molecule has 1 amide bonds. The maximum absolute atomic E-state index is 12.8. The van der Waals surface area contributed by atoms with E-state index in [0.29, 0.717) is 29.5 Å². The van der Waals surface area contributed by atoms with Crippen molar-refractivity contribution in [3.8, 4) is 11.5 Å². The van der Waals surface area contributed by atoms with Gasteiger partial charge in [0, 0.05) is 30.8 Å². The van der Waals surface area contributed by atoms with E-state index in [1.54, 1.807) is 23.2 Å². The number of anilines is 1. The summed E-state index contributed by atoms with van der Waals surface area (Å²) in [6.07, 6.45) is 5.58. The Labute approximate surface area is 163 Å². The Bertz CT molecular complexity index is 1030. The molecule has 8 nitrogen and oxygen atoms in total. The van der Waals surface area contributed by atoms with Crippen LogP contribution in [0.25, 0.3) is 0 Å². The molecule has 0 spiro atoms. The molecule has 0 bridgehead atoms. The number of hydrogen-bond donors (Lipinski definition) is 1. The van der Waals surface area contributed by atoms with E-state index in [1.807, 2.05) is 19.9 Å². The molecule has 1 N–H and O–H groups in total. The quantitative estimate of drug-likeness (QED) is 0.824. The van der Waals surface area contributed by atoms with Gasteiger partial charge in [-0.05, 0) is 32.1 Å². The van der Waals surface area contributed by atoms with Crippen molar-refractivity contribution in [1.82, 2.24) is 4.90 Å². The largest absolute Gasteiger partial charge is 0.492 e. The first kappa shape index (κ1) is 18.5. The van der Waals surface area contributed by atoms with Crippen molar-refractivity contribution in [3.63, 3.8) is 0 Å². The average molecular weight is 403 g/mol. The molecule has 3 heterocycles. The molecule has 0 saturated carbocycles. The van der Waals surface area contributed by atoms with Gasteiger partial charge in [0.25, 0.3) is 15.9 Å². The molecule has 4 rings (SSSR count). The van der Waals surface area contributed by atoms with Gasteiger partial charge < -0.3 is 19.7 Å². The zero-order chi connectivity index (χ0) is 19.9. The van der Waals surface area contributed by atoms with Gasteiger partial charge in [-0.1, -0.05) is 0 Å². The van der Waals surface area contributed by atoms with Gasteiger partial charge in [-0.2, -0.15) is 0 Å². The van der Waals surface area contributed by atoms with Crippen LogP contribution in [0.3, 0.4) is 0 Å². The van der Waals surface area contributed by atoms with E-state index in [2.05, 4.69) is 9.71 Å². The summed E-state index contributed by atoms with van der Waals surface area (Å²) in [6.45, 7) is 4.61. The minimum atomic E-state index is -3.43. The molecule has 28 heavy (non-hydrogen) atoms. The van der Waals surface area contributed by atoms with Crippen LogP contribution in [0, 0.1) is 0 Å². The van der Waals surface area contributed by atoms with E-state index in [1.165, 1.54) is 6.08 Å². The fourth-order valence-electron chi connectivity index (χ4n) is 3.34. The summed E-state index contributed by atoms with van der Waals surface area (Å²) in [4.78, 5) is 14.4. The van der Waals surface area contributed by atoms with Crippen molar-refractivity contribution in [2.75, 3.05) is 24.2 Å². The SMILES string of the molecule is CCOc1cc2c(cc1NC(=O)C1=CN3CCS(=O)(=O)N=C3C=C1)O[C@@H](C)C2. The van der Waals surface area contributed by atoms with E-state index in [9.17, 15) is 13.2 Å². The summed E-state index contributed by atoms with van der Waals surface area (Å²) in [5, 5.41) is 2.87. The zero-order valence-electron chi connectivity index (χ0n) is 15.6. The molecule has 148 valence electrons. The first-order valence-corrected chi connectivity index (χ1v) is 10.7. The van der Waals surface area contributed by atoms with E-state index in [-0.39, 0.29) is 24.3 Å². The van der Waals surface area contributed by atoms with Gasteiger partial charge in [0.2, 0.25) is 0 Å². The van der Waals surface area contributed by atoms with Crippen LogP contribution in [-0.2, 0) is 21.2 Å². The van der Waals surface area contributed by atoms with Crippen LogP contribution in [0.2, 0.25) is 0 Å². The highest BCUT2D eigenvalue weighted by molar-refractivity contribution is 7.90. The van der Waals surface area contributed by atoms with Gasteiger partial charge in [0.1, 0.15) is 23.4 Å². The fourth-order valence-corrected chi connectivity index (χ4v) is 4.31. The van der Waals surface area contributed by atoms with Gasteiger partial charge in [-0.25, -0.2) is 8.42 Å². The molecule has 0 aromatic heterocycles. The zero-order valence-corrected chi connectivity index (χ0v) is 16.5. The van der Waals surface area contributed by atoms with E-state index >= 15 is 0 Å². The number of carbonyl (C=O) groups excluding carboxylic acids is 1. The van der Waals surface area contributed by atoms with Crippen LogP contribution in [-0.4, -0.2) is 50.1 Å². The summed E-state index contributed by atoms with van der Waals surface area (Å²) < 4.78 is 38.4. The van der Waals surface area contributed by atoms with Gasteiger partial charge in [0.15, 0.2) is 0 Å². The van der Waals surface area contributed by atoms with Crippen molar-refractivity contribution in [2.24, 2.45) is 4.40 Å². The predicted octanol–water partition coefficient (Wildman–Crippen LogP) is 1.84. The highest BCUT2D eigenvalue weighted by Gasteiger charge is 2.26. The van der Waals surface area contributed by atoms with Crippen molar-refractivity contribution < 1.29 is 22.7 Å². The standard InChI is InChI=1S/C19H21N3O5S/c1-3-26-17-9-14-8-12(2)27-16(14)10-15(17)20-19(23)13-4-5-18-21-28(24,25)7-6-22(18)11-13/h4-5,9-12H,3,6-8H2,1-2H3,(H,20,23)/t12-/m0/s1. The molecular weight excluding hydrogens is 382 g/mol. The number of benzene rings is 1. The van der Waals surface area contributed by atoms with Crippen molar-refractivity contribution in [2.45, 2.75) is 26.4 Å². The minimum Gasteiger partial charge on any atom is -0.492 e. The maximum Gasteiger partial charge on any atom is 0.257 e. The van der Waals surface area contributed by atoms with Crippen molar-refractivity contribution >= 4 is 27.5 Å². The number of amidine groups is 1. The molecule has 0 radical (unpaired) electrons. The maximum atomic E-state index is 12.8. The van der Waals surface area contributed by atoms with Crippen LogP contribution < -0.4 is 14.8 Å². The van der Waals surface area contributed by atoms with Gasteiger partial charge in [0.05, 0.1) is 23.6 Å². The highest BCUT2D eigenvalue weighted by Crippen LogP contribution is 2.38. The molecule has 1 aromatic rings. The fraction of sp³-hybridized carbons (Fsp3) is 0.368. The summed E-state index contributed by atoms with van der Waals surface area (Å²) in [5.74, 6) is 1.26. The molecular formula is C19H21N3O5S. The number of rotatable bonds is 4. The average Bonchev–Trinajstić information content (AvgIpc) is 3.00. The molecule has 3 aliphatic heterocycles. The third-order valence-corrected chi connectivity index (χ3v) is 5.80. The lowest BCUT2D eigenvalue weighted by Gasteiger charge is -2.27. The second-order valence-electron chi connectivity index (χ2n) is 6.82. The van der Waals surface area contributed by atoms with Crippen LogP contribution in [0.1, 0.15) is 19.4 Å². The van der Waals surface area contributed by atoms with Gasteiger partial charge >= 0.3 is 0 Å². The molecule has 3 aliphatic rings. The van der Waals surface area contributed by atoms with Gasteiger partial charge in [-0.15, -0.1) is 4.40 Å². The van der Waals surface area contributed by atoms with E-state index in [4.69, 9.17) is 9.47 Å². The first-order valence-electron chi connectivity index (χ1n) is 9.11. The van der Waals surface area contributed by atoms with E-state index < -0.39 is 10.0 Å². The summed E-state index contributed by atoms with van der Waals surface area (Å²) in [5.41, 5.74) is 1.99. The van der Waals surface area contributed by atoms with Gasteiger partial charge in [-0.3, -0.25) is 4.79 Å². The van der Waals surface area contributed by atoms with E-state index in [0.717, 1.165) is 17.7 Å². The van der Waals surface area contributed by atoms with Crippen LogP contribution >= 0.6 is 0 Å². The number of amides is 1. The molecule has 0 fully saturated rings. The normalized spacial score (nSPS) is 21.8. The highest BCUT2D eigenvalue weighted by atomic mass is 32.2. The smallest absolute Gasteiger partial charge is 0.257 e. The number of sulfonamides is 1. The summed E-state index contributed by atoms with van der Waals surface area (Å²) >= 11 is 0. The van der Waals surface area contributed by atoms with Crippen LogP contribution in [0.5, 0.6) is 11.5 Å². The minimum absolute atomic E-state index is 0.0788. The van der Waals surface area contributed by atoms with Crippen molar-refractivity contribution in [1.29, 1.82) is 0 Å². The first-order chi connectivity index (χ1) is 13.3. The lowest BCUT2D eigenvalue weighted by Crippen LogP contribution is -2.37. The number of hydrogen-bond acceptors (Lipinski definition) is 6. The number of carbonyl (C=O) groups is 1. The molecule has 0 unspecified atom stereocenters. The summed E-state index contributed by atoms with van der Waals surface area (Å²) in [7, 11) is -3.43. The lowest BCUT2D eigenvalue weighted by atomic mass is 10.1. The second-order valence-corrected chi connectivity index (χ2v) is 8.58. The topological polar surface area (TPSA) is 97.3 Å². The Hall–Kier alpha value is -2.81. The number of nitrogens with one attached hydrogen (secondary N) is 1. The third kappa shape index (κ3) is 3.62. The Morgan fingerprint density at radius 1 is 1.39 bits per heavy atom. The number of fused-ring (bicyclic) bond motifs is 2. The van der Waals surface area contributed by atoms with Crippen LogP contribution in [0.4, 0.5) is 5.69 Å². The Morgan fingerprint density at radius 3 is 3.00 bits per heavy atom. The third-order valence-electron chi connectivity index (χ3n) is 4.63. The lowest BCUT2D eigenvalue weighted by molar-refractivity contribution is -0.112. The molecule has 0 aliphatic carbocycles. The summed E-state index contributed by atoms with van der Waals surface area (Å²) in [6, 6.07) is 3.69. The number of nitrogens with zero attached hydrogens (tertiary/aromatic N) is 2.